The predicted molar refractivity (Wildman–Crippen MR) is 189 cm³/mol. The van der Waals surface area contributed by atoms with Gasteiger partial charge < -0.3 is 4.42 Å². The summed E-state index contributed by atoms with van der Waals surface area (Å²) in [6, 6.07) is 49.3. The number of hydrogen-bond acceptors (Lipinski definition) is 3. The van der Waals surface area contributed by atoms with Gasteiger partial charge in [-0.2, -0.15) is 0 Å². The van der Waals surface area contributed by atoms with Gasteiger partial charge >= 0.3 is 0 Å². The molecule has 0 fully saturated rings. The molecule has 7 aromatic carbocycles. The highest BCUT2D eigenvalue weighted by Gasteiger charge is 2.26. The lowest BCUT2D eigenvalue weighted by atomic mass is 9.99. The molecule has 3 heterocycles. The van der Waals surface area contributed by atoms with Crippen LogP contribution >= 0.6 is 0 Å². The zero-order valence-electron chi connectivity index (χ0n) is 24.5. The lowest BCUT2D eigenvalue weighted by Crippen LogP contribution is -2.03. The van der Waals surface area contributed by atoms with Gasteiger partial charge in [0, 0.05) is 37.9 Å². The van der Waals surface area contributed by atoms with Crippen LogP contribution in [0.5, 0.6) is 0 Å². The molecule has 0 N–H and O–H groups in total. The summed E-state index contributed by atoms with van der Waals surface area (Å²) >= 11 is 0. The molecule has 46 heavy (non-hydrogen) atoms. The second kappa shape index (κ2) is 8.68. The van der Waals surface area contributed by atoms with Crippen molar-refractivity contribution >= 4 is 65.4 Å². The van der Waals surface area contributed by atoms with Crippen molar-refractivity contribution in [1.82, 2.24) is 14.5 Å². The molecule has 0 saturated heterocycles. The molecule has 0 radical (unpaired) electrons. The van der Waals surface area contributed by atoms with Gasteiger partial charge in [0.2, 0.25) is 5.95 Å². The Balaban J connectivity index is 1.26. The van der Waals surface area contributed by atoms with Crippen LogP contribution in [0.4, 0.5) is 0 Å². The Morgan fingerprint density at radius 3 is 2.07 bits per heavy atom. The molecule has 0 amide bonds. The van der Waals surface area contributed by atoms with Crippen LogP contribution in [-0.4, -0.2) is 14.5 Å². The Kier molecular flexibility index (Phi) is 4.55. The lowest BCUT2D eigenvalue weighted by Gasteiger charge is -2.13. The van der Waals surface area contributed by atoms with E-state index in [1.54, 1.807) is 0 Å². The Bertz CT molecular complexity index is 2930. The summed E-state index contributed by atoms with van der Waals surface area (Å²) in [4.78, 5) is 10.7. The van der Waals surface area contributed by atoms with Crippen molar-refractivity contribution in [3.8, 4) is 39.5 Å². The minimum Gasteiger partial charge on any atom is -0.456 e. The number of fused-ring (bicyclic) bond motifs is 11. The molecule has 4 heteroatoms. The highest BCUT2D eigenvalue weighted by Crippen LogP contribution is 2.51. The number of aromatic nitrogens is 3. The van der Waals surface area contributed by atoms with Gasteiger partial charge in [-0.1, -0.05) is 97.1 Å². The van der Waals surface area contributed by atoms with Gasteiger partial charge in [0.05, 0.1) is 22.2 Å². The zero-order chi connectivity index (χ0) is 29.9. The van der Waals surface area contributed by atoms with E-state index >= 15 is 0 Å². The molecule has 1 aliphatic carbocycles. The molecule has 0 spiro atoms. The van der Waals surface area contributed by atoms with E-state index in [1.165, 1.54) is 43.8 Å². The quantitative estimate of drug-likeness (QED) is 0.203. The number of benzene rings is 7. The molecule has 0 bridgehead atoms. The number of hydrogen-bond donors (Lipinski definition) is 0. The molecule has 4 nitrogen and oxygen atoms in total. The van der Waals surface area contributed by atoms with E-state index in [4.69, 9.17) is 14.4 Å². The van der Waals surface area contributed by atoms with Gasteiger partial charge in [0.1, 0.15) is 11.2 Å². The molecule has 0 unspecified atom stereocenters. The van der Waals surface area contributed by atoms with Gasteiger partial charge in [-0.05, 0) is 70.1 Å². The van der Waals surface area contributed by atoms with E-state index in [9.17, 15) is 0 Å². The van der Waals surface area contributed by atoms with E-state index in [0.717, 1.165) is 55.1 Å². The summed E-state index contributed by atoms with van der Waals surface area (Å²) < 4.78 is 8.44. The summed E-state index contributed by atoms with van der Waals surface area (Å²) in [7, 11) is 0. The minimum atomic E-state index is 0.660. The van der Waals surface area contributed by atoms with Crippen molar-refractivity contribution in [1.29, 1.82) is 0 Å². The van der Waals surface area contributed by atoms with Crippen molar-refractivity contribution in [2.45, 2.75) is 0 Å². The number of para-hydroxylation sites is 3. The Hall–Kier alpha value is -6.26. The van der Waals surface area contributed by atoms with Crippen LogP contribution in [0, 0.1) is 0 Å². The zero-order valence-corrected chi connectivity index (χ0v) is 24.5. The van der Waals surface area contributed by atoms with Crippen molar-refractivity contribution in [2.24, 2.45) is 0 Å². The predicted octanol–water partition coefficient (Wildman–Crippen LogP) is 11.1. The highest BCUT2D eigenvalue weighted by molar-refractivity contribution is 6.27. The van der Waals surface area contributed by atoms with Gasteiger partial charge in [0.25, 0.3) is 0 Å². The van der Waals surface area contributed by atoms with Gasteiger partial charge in [-0.25, -0.2) is 9.97 Å². The molecular weight excluding hydrogens is 562 g/mol. The summed E-state index contributed by atoms with van der Waals surface area (Å²) in [5, 5.41) is 8.09. The van der Waals surface area contributed by atoms with Crippen molar-refractivity contribution in [2.75, 3.05) is 0 Å². The monoisotopic (exact) mass is 585 g/mol. The number of furan rings is 1. The summed E-state index contributed by atoms with van der Waals surface area (Å²) in [6.07, 6.45) is 0. The van der Waals surface area contributed by atoms with E-state index < -0.39 is 0 Å². The first-order chi connectivity index (χ1) is 22.8. The maximum absolute atomic E-state index is 6.16. The third-order valence-corrected chi connectivity index (χ3v) is 9.74. The fourth-order valence-corrected chi connectivity index (χ4v) is 7.79. The molecule has 1 aliphatic rings. The third-order valence-electron chi connectivity index (χ3n) is 9.74. The van der Waals surface area contributed by atoms with Crippen LogP contribution in [0.15, 0.2) is 144 Å². The van der Waals surface area contributed by atoms with Crippen LogP contribution < -0.4 is 0 Å². The van der Waals surface area contributed by atoms with Crippen molar-refractivity contribution in [3.05, 3.63) is 140 Å². The van der Waals surface area contributed by atoms with E-state index in [2.05, 4.69) is 132 Å². The van der Waals surface area contributed by atoms with E-state index in [0.29, 0.717) is 5.95 Å². The highest BCUT2D eigenvalue weighted by atomic mass is 16.3. The van der Waals surface area contributed by atoms with Crippen LogP contribution in [0.2, 0.25) is 0 Å². The smallest absolute Gasteiger partial charge is 0.235 e. The maximum Gasteiger partial charge on any atom is 0.235 e. The van der Waals surface area contributed by atoms with E-state index in [1.807, 2.05) is 12.1 Å². The molecule has 3 aromatic heterocycles. The van der Waals surface area contributed by atoms with Gasteiger partial charge in [0.15, 0.2) is 0 Å². The average molecular weight is 586 g/mol. The topological polar surface area (TPSA) is 43.9 Å². The lowest BCUT2D eigenvalue weighted by molar-refractivity contribution is 0.669. The maximum atomic E-state index is 6.16. The molecule has 11 rings (SSSR count). The summed E-state index contributed by atoms with van der Waals surface area (Å²) in [6.45, 7) is 0. The third kappa shape index (κ3) is 3.07. The largest absolute Gasteiger partial charge is 0.456 e. The van der Waals surface area contributed by atoms with Crippen LogP contribution in [0.1, 0.15) is 0 Å². The fourth-order valence-electron chi connectivity index (χ4n) is 7.79. The van der Waals surface area contributed by atoms with Crippen LogP contribution in [-0.2, 0) is 0 Å². The summed E-state index contributed by atoms with van der Waals surface area (Å²) in [5.74, 6) is 0.660. The van der Waals surface area contributed by atoms with E-state index in [-0.39, 0.29) is 0 Å². The van der Waals surface area contributed by atoms with Gasteiger partial charge in [-0.15, -0.1) is 0 Å². The molecule has 0 saturated carbocycles. The molecule has 212 valence electrons. The van der Waals surface area contributed by atoms with Crippen molar-refractivity contribution < 1.29 is 4.42 Å². The summed E-state index contributed by atoms with van der Waals surface area (Å²) in [5.41, 5.74) is 12.0. The normalized spacial score (nSPS) is 12.3. The SMILES string of the molecule is c1ccc2c(c1)-c1cccc3c1c-2cc1c2ccccc2n(-c2nc(-c4ccc5oc6ccccc6c5c4)c4ccccc4n2)c31. The molecular formula is C42H23N3O. The average Bonchev–Trinajstić information content (AvgIpc) is 3.77. The van der Waals surface area contributed by atoms with Crippen molar-refractivity contribution in [3.63, 3.8) is 0 Å². The standard InChI is InChI=1S/C42H23N3O/c1-2-11-26-25(10-1)29-15-9-16-31-39(29)33(26)23-34-27-12-4-7-18-36(27)45(41(31)34)42-43-35-17-6-3-14-30(35)40(44-42)24-20-21-38-32(22-24)28-13-5-8-19-37(28)46-38/h1-23H. The Labute approximate surface area is 262 Å². The first-order valence-corrected chi connectivity index (χ1v) is 15.6. The van der Waals surface area contributed by atoms with Gasteiger partial charge in [-0.3, -0.25) is 4.57 Å². The fraction of sp³-hybridized carbons (Fsp3) is 0. The molecule has 0 aliphatic heterocycles. The molecule has 10 aromatic rings. The Morgan fingerprint density at radius 1 is 0.457 bits per heavy atom. The second-order valence-electron chi connectivity index (χ2n) is 12.1. The second-order valence-corrected chi connectivity index (χ2v) is 12.1. The first-order valence-electron chi connectivity index (χ1n) is 15.6. The Morgan fingerprint density at radius 2 is 1.15 bits per heavy atom. The van der Waals surface area contributed by atoms with Crippen LogP contribution in [0.3, 0.4) is 0 Å². The number of nitrogens with zero attached hydrogens (tertiary/aromatic N) is 3. The first kappa shape index (κ1) is 24.1. The molecule has 0 atom stereocenters. The van der Waals surface area contributed by atoms with Crippen LogP contribution in [0.25, 0.3) is 105 Å². The minimum absolute atomic E-state index is 0.660. The number of rotatable bonds is 2.